The van der Waals surface area contributed by atoms with Crippen LogP contribution in [0.4, 0.5) is 0 Å². The lowest BCUT2D eigenvalue weighted by molar-refractivity contribution is -0.139. The lowest BCUT2D eigenvalue weighted by Gasteiger charge is -2.07. The fourth-order valence-electron chi connectivity index (χ4n) is 0.783. The molecule has 6 N–H and O–H groups in total. The Kier molecular flexibility index (Phi) is 9.83. The minimum absolute atomic E-state index is 0.357. The first-order valence-corrected chi connectivity index (χ1v) is 5.19. The molecule has 0 aliphatic rings. The van der Waals surface area contributed by atoms with E-state index in [0.717, 1.165) is 0 Å². The molecular weight excluding hydrogens is 212 g/mol. The Labute approximate surface area is 95.6 Å². The quantitative estimate of drug-likeness (QED) is 0.540. The Hall–Kier alpha value is -1.14. The summed E-state index contributed by atoms with van der Waals surface area (Å²) in [4.78, 5) is 19.9. The third-order valence-electron chi connectivity index (χ3n) is 1.80. The smallest absolute Gasteiger partial charge is 0.320 e. The zero-order chi connectivity index (χ0) is 13.3. The zero-order valence-corrected chi connectivity index (χ0v) is 10.0. The van der Waals surface area contributed by atoms with E-state index in [-0.39, 0.29) is 0 Å². The minimum atomic E-state index is -0.928. The Balaban J connectivity index is 0. The number of nitrogens with two attached hydrogens (primary N) is 2. The first-order valence-electron chi connectivity index (χ1n) is 5.19. The van der Waals surface area contributed by atoms with Crippen molar-refractivity contribution in [2.45, 2.75) is 45.7 Å². The summed E-state index contributed by atoms with van der Waals surface area (Å²) in [5.41, 5.74) is 10.2. The molecule has 16 heavy (non-hydrogen) atoms. The van der Waals surface area contributed by atoms with Crippen LogP contribution in [0.25, 0.3) is 0 Å². The molecule has 96 valence electrons. The van der Waals surface area contributed by atoms with Crippen molar-refractivity contribution in [3.63, 3.8) is 0 Å². The topological polar surface area (TPSA) is 127 Å². The summed E-state index contributed by atoms with van der Waals surface area (Å²) < 4.78 is 0. The molecule has 2 atom stereocenters. The van der Waals surface area contributed by atoms with Gasteiger partial charge < -0.3 is 21.7 Å². The van der Waals surface area contributed by atoms with Crippen LogP contribution in [-0.2, 0) is 9.59 Å². The summed E-state index contributed by atoms with van der Waals surface area (Å²) in [7, 11) is 0. The molecule has 0 fully saturated rings. The lowest BCUT2D eigenvalue weighted by atomic mass is 10.1. The van der Waals surface area contributed by atoms with Crippen molar-refractivity contribution >= 4 is 11.9 Å². The average Bonchev–Trinajstić information content (AvgIpc) is 2.16. The zero-order valence-electron chi connectivity index (χ0n) is 10.0. The molecule has 0 heterocycles. The fraction of sp³-hybridized carbons (Fsp3) is 0.800. The summed E-state index contributed by atoms with van der Waals surface area (Å²) >= 11 is 0. The van der Waals surface area contributed by atoms with Crippen LogP contribution in [0, 0.1) is 5.92 Å². The molecule has 2 unspecified atom stereocenters. The summed E-state index contributed by atoms with van der Waals surface area (Å²) in [6.07, 6.45) is 1.05. The van der Waals surface area contributed by atoms with E-state index in [2.05, 4.69) is 0 Å². The Morgan fingerprint density at radius 3 is 1.50 bits per heavy atom. The monoisotopic (exact) mass is 234 g/mol. The maximum absolute atomic E-state index is 10.1. The predicted molar refractivity (Wildman–Crippen MR) is 61.0 cm³/mol. The lowest BCUT2D eigenvalue weighted by Crippen LogP contribution is -2.31. The van der Waals surface area contributed by atoms with Crippen molar-refractivity contribution in [3.8, 4) is 0 Å². The largest absolute Gasteiger partial charge is 0.480 e. The average molecular weight is 234 g/mol. The van der Waals surface area contributed by atoms with Crippen LogP contribution in [0.15, 0.2) is 0 Å². The molecule has 0 spiro atoms. The Morgan fingerprint density at radius 2 is 1.44 bits per heavy atom. The van der Waals surface area contributed by atoms with E-state index in [1.807, 2.05) is 13.8 Å². The second-order valence-corrected chi connectivity index (χ2v) is 3.93. The minimum Gasteiger partial charge on any atom is -0.480 e. The number of hydrogen-bond donors (Lipinski definition) is 4. The molecule has 0 aromatic carbocycles. The third-order valence-corrected chi connectivity index (χ3v) is 1.80. The second-order valence-electron chi connectivity index (χ2n) is 3.93. The number of rotatable bonds is 5. The van der Waals surface area contributed by atoms with Crippen molar-refractivity contribution < 1.29 is 19.8 Å². The first-order chi connectivity index (χ1) is 7.22. The van der Waals surface area contributed by atoms with E-state index < -0.39 is 24.0 Å². The number of aliphatic carboxylic acids is 2. The highest BCUT2D eigenvalue weighted by Crippen LogP contribution is 2.01. The van der Waals surface area contributed by atoms with Gasteiger partial charge in [0, 0.05) is 0 Å². The number of hydrogen-bond acceptors (Lipinski definition) is 4. The highest BCUT2D eigenvalue weighted by atomic mass is 16.4. The van der Waals surface area contributed by atoms with Crippen molar-refractivity contribution in [2.24, 2.45) is 17.4 Å². The molecule has 0 bridgehead atoms. The standard InChI is InChI=1S/C6H13NO2.C4H9NO2/c1-4(2)3-5(7)6(8)9;1-2-3(5)4(6)7/h4-5H,3,7H2,1-2H3,(H,8,9);3H,2,5H2,1H3,(H,6,7). The van der Waals surface area contributed by atoms with Crippen molar-refractivity contribution in [2.75, 3.05) is 0 Å². The van der Waals surface area contributed by atoms with E-state index in [1.165, 1.54) is 0 Å². The molecule has 0 saturated heterocycles. The molecule has 6 nitrogen and oxygen atoms in total. The maximum atomic E-state index is 10.1. The third kappa shape index (κ3) is 10.9. The van der Waals surface area contributed by atoms with Gasteiger partial charge in [-0.3, -0.25) is 9.59 Å². The van der Waals surface area contributed by atoms with Crippen LogP contribution in [0.5, 0.6) is 0 Å². The fourth-order valence-corrected chi connectivity index (χ4v) is 0.783. The van der Waals surface area contributed by atoms with E-state index >= 15 is 0 Å². The molecule has 0 aromatic rings. The molecule has 0 saturated carbocycles. The van der Waals surface area contributed by atoms with Gasteiger partial charge in [0.2, 0.25) is 0 Å². The van der Waals surface area contributed by atoms with Gasteiger partial charge in [-0.1, -0.05) is 20.8 Å². The van der Waals surface area contributed by atoms with Crippen molar-refractivity contribution in [1.29, 1.82) is 0 Å². The van der Waals surface area contributed by atoms with E-state index in [9.17, 15) is 9.59 Å². The van der Waals surface area contributed by atoms with Crippen LogP contribution < -0.4 is 11.5 Å². The Bertz CT molecular complexity index is 219. The van der Waals surface area contributed by atoms with E-state index in [1.54, 1.807) is 6.92 Å². The van der Waals surface area contributed by atoms with Gasteiger partial charge in [-0.2, -0.15) is 0 Å². The van der Waals surface area contributed by atoms with Gasteiger partial charge in [-0.05, 0) is 18.8 Å². The normalized spacial score (nSPS) is 13.6. The van der Waals surface area contributed by atoms with Gasteiger partial charge in [-0.25, -0.2) is 0 Å². The number of carbonyl (C=O) groups is 2. The maximum Gasteiger partial charge on any atom is 0.320 e. The predicted octanol–water partition coefficient (Wildman–Crippen LogP) is 0.253. The Morgan fingerprint density at radius 1 is 1.06 bits per heavy atom. The van der Waals surface area contributed by atoms with Gasteiger partial charge in [-0.15, -0.1) is 0 Å². The summed E-state index contributed by atoms with van der Waals surface area (Å²) in [5, 5.41) is 16.4. The van der Waals surface area contributed by atoms with Crippen molar-refractivity contribution in [3.05, 3.63) is 0 Å². The SMILES string of the molecule is CC(C)CC(N)C(=O)O.CCC(N)C(=O)O. The molecule has 0 aliphatic heterocycles. The first kappa shape index (κ1) is 17.3. The van der Waals surface area contributed by atoms with Crippen LogP contribution in [0.1, 0.15) is 33.6 Å². The molecule has 6 heteroatoms. The highest BCUT2D eigenvalue weighted by molar-refractivity contribution is 5.73. The van der Waals surface area contributed by atoms with Crippen LogP contribution in [0.3, 0.4) is 0 Å². The van der Waals surface area contributed by atoms with Crippen LogP contribution in [0.2, 0.25) is 0 Å². The van der Waals surface area contributed by atoms with Crippen LogP contribution >= 0.6 is 0 Å². The molecule has 0 radical (unpaired) electrons. The van der Waals surface area contributed by atoms with Crippen LogP contribution in [-0.4, -0.2) is 34.2 Å². The van der Waals surface area contributed by atoms with Gasteiger partial charge in [0.1, 0.15) is 12.1 Å². The molecule has 0 amide bonds. The van der Waals surface area contributed by atoms with Gasteiger partial charge in [0.05, 0.1) is 0 Å². The molecule has 0 rings (SSSR count). The number of carboxylic acid groups (broad SMARTS) is 2. The summed E-state index contributed by atoms with van der Waals surface area (Å²) in [6, 6.07) is -1.37. The van der Waals surface area contributed by atoms with Gasteiger partial charge >= 0.3 is 11.9 Å². The molecular formula is C10H22N2O4. The molecule has 0 aliphatic carbocycles. The summed E-state index contributed by atoms with van der Waals surface area (Å²) in [6.45, 7) is 5.63. The van der Waals surface area contributed by atoms with E-state index in [0.29, 0.717) is 18.8 Å². The van der Waals surface area contributed by atoms with E-state index in [4.69, 9.17) is 21.7 Å². The summed E-state index contributed by atoms with van der Waals surface area (Å²) in [5.74, 6) is -1.48. The van der Waals surface area contributed by atoms with Gasteiger partial charge in [0.25, 0.3) is 0 Å². The highest BCUT2D eigenvalue weighted by Gasteiger charge is 2.11. The van der Waals surface area contributed by atoms with Crippen molar-refractivity contribution in [1.82, 2.24) is 0 Å². The van der Waals surface area contributed by atoms with Gasteiger partial charge in [0.15, 0.2) is 0 Å². The number of carboxylic acids is 2. The second kappa shape index (κ2) is 9.11. The molecule has 0 aromatic heterocycles.